The first-order chi connectivity index (χ1) is 15.0. The second-order valence-corrected chi connectivity index (χ2v) is 7.66. The minimum absolute atomic E-state index is 0.156. The second kappa shape index (κ2) is 9.27. The highest BCUT2D eigenvalue weighted by molar-refractivity contribution is 5.79. The molecule has 1 heterocycles. The monoisotopic (exact) mass is 422 g/mol. The van der Waals surface area contributed by atoms with Gasteiger partial charge in [-0.2, -0.15) is 0 Å². The lowest BCUT2D eigenvalue weighted by molar-refractivity contribution is -0.123. The summed E-state index contributed by atoms with van der Waals surface area (Å²) < 4.78 is 32.3. The summed E-state index contributed by atoms with van der Waals surface area (Å²) in [5.74, 6) is -0.0298. The first-order valence-electron chi connectivity index (χ1n) is 10.2. The summed E-state index contributed by atoms with van der Waals surface area (Å²) >= 11 is 0. The highest BCUT2D eigenvalue weighted by Crippen LogP contribution is 2.28. The van der Waals surface area contributed by atoms with Crippen molar-refractivity contribution >= 4 is 5.91 Å². The van der Waals surface area contributed by atoms with Crippen LogP contribution in [0.2, 0.25) is 0 Å². The van der Waals surface area contributed by atoms with Gasteiger partial charge in [-0.1, -0.05) is 36.4 Å². The molecule has 0 spiro atoms. The van der Waals surface area contributed by atoms with Crippen LogP contribution in [-0.4, -0.2) is 31.0 Å². The Balaban J connectivity index is 1.50. The number of benzene rings is 3. The summed E-state index contributed by atoms with van der Waals surface area (Å²) in [6, 6.07) is 17.4. The lowest BCUT2D eigenvalue weighted by atomic mass is 9.98. The van der Waals surface area contributed by atoms with Crippen LogP contribution in [0.3, 0.4) is 0 Å². The van der Waals surface area contributed by atoms with E-state index in [0.717, 1.165) is 35.4 Å². The highest BCUT2D eigenvalue weighted by atomic mass is 19.1. The van der Waals surface area contributed by atoms with Crippen molar-refractivity contribution in [1.82, 2.24) is 10.2 Å². The van der Waals surface area contributed by atoms with Gasteiger partial charge in [-0.05, 0) is 53.4 Å². The summed E-state index contributed by atoms with van der Waals surface area (Å²) in [5.41, 5.74) is 3.81. The van der Waals surface area contributed by atoms with Gasteiger partial charge in [-0.3, -0.25) is 9.69 Å². The molecule has 160 valence electrons. The largest absolute Gasteiger partial charge is 0.496 e. The van der Waals surface area contributed by atoms with Crippen molar-refractivity contribution < 1.29 is 18.3 Å². The Morgan fingerprint density at radius 1 is 1.00 bits per heavy atom. The van der Waals surface area contributed by atoms with Crippen LogP contribution < -0.4 is 10.1 Å². The fourth-order valence-electron chi connectivity index (χ4n) is 4.01. The predicted molar refractivity (Wildman–Crippen MR) is 115 cm³/mol. The van der Waals surface area contributed by atoms with Crippen molar-refractivity contribution in [2.24, 2.45) is 0 Å². The van der Waals surface area contributed by atoms with Gasteiger partial charge < -0.3 is 10.1 Å². The Bertz CT molecular complexity index is 992. The number of halogens is 2. The first-order valence-corrected chi connectivity index (χ1v) is 10.2. The zero-order valence-corrected chi connectivity index (χ0v) is 17.3. The average molecular weight is 422 g/mol. The molecule has 0 fully saturated rings. The topological polar surface area (TPSA) is 41.6 Å². The normalized spacial score (nSPS) is 13.7. The summed E-state index contributed by atoms with van der Waals surface area (Å²) in [4.78, 5) is 15.0. The van der Waals surface area contributed by atoms with Gasteiger partial charge in [0, 0.05) is 18.7 Å². The van der Waals surface area contributed by atoms with Crippen molar-refractivity contribution in [2.75, 3.05) is 20.2 Å². The van der Waals surface area contributed by atoms with E-state index >= 15 is 0 Å². The molecule has 0 radical (unpaired) electrons. The van der Waals surface area contributed by atoms with Crippen molar-refractivity contribution in [3.8, 4) is 5.75 Å². The number of ether oxygens (including phenoxy) is 1. The van der Waals surface area contributed by atoms with Gasteiger partial charge >= 0.3 is 0 Å². The Labute approximate surface area is 180 Å². The number of carbonyl (C=O) groups is 1. The van der Waals surface area contributed by atoms with Gasteiger partial charge in [0.15, 0.2) is 0 Å². The fraction of sp³-hybridized carbons (Fsp3) is 0.240. The van der Waals surface area contributed by atoms with E-state index in [1.165, 1.54) is 29.8 Å². The molecule has 0 bridgehead atoms. The van der Waals surface area contributed by atoms with Crippen LogP contribution in [0, 0.1) is 11.6 Å². The number of hydrogen-bond donors (Lipinski definition) is 1. The van der Waals surface area contributed by atoms with Crippen LogP contribution in [0.1, 0.15) is 28.3 Å². The maximum atomic E-state index is 13.4. The molecule has 1 aliphatic rings. The molecule has 4 rings (SSSR count). The van der Waals surface area contributed by atoms with Crippen molar-refractivity contribution in [3.63, 3.8) is 0 Å². The van der Waals surface area contributed by atoms with Crippen LogP contribution in [0.15, 0.2) is 66.7 Å². The van der Waals surface area contributed by atoms with Gasteiger partial charge in [0.1, 0.15) is 17.4 Å². The van der Waals surface area contributed by atoms with Crippen molar-refractivity contribution in [2.45, 2.75) is 19.0 Å². The summed E-state index contributed by atoms with van der Waals surface area (Å²) in [7, 11) is 1.65. The van der Waals surface area contributed by atoms with Gasteiger partial charge in [-0.15, -0.1) is 0 Å². The molecule has 3 aromatic rings. The van der Waals surface area contributed by atoms with Gasteiger partial charge in [0.05, 0.1) is 19.7 Å². The second-order valence-electron chi connectivity index (χ2n) is 7.66. The molecular weight excluding hydrogens is 398 g/mol. The number of nitrogens with zero attached hydrogens (tertiary/aromatic N) is 1. The predicted octanol–water partition coefficient (Wildman–Crippen LogP) is 4.24. The Morgan fingerprint density at radius 3 is 2.19 bits per heavy atom. The highest BCUT2D eigenvalue weighted by Gasteiger charge is 2.23. The summed E-state index contributed by atoms with van der Waals surface area (Å²) in [6.45, 7) is 1.62. The van der Waals surface area contributed by atoms with Gasteiger partial charge in [0.2, 0.25) is 5.91 Å². The minimum atomic E-state index is -0.500. The minimum Gasteiger partial charge on any atom is -0.496 e. The fourth-order valence-corrected chi connectivity index (χ4v) is 4.01. The lowest BCUT2D eigenvalue weighted by Crippen LogP contribution is -2.41. The van der Waals surface area contributed by atoms with Gasteiger partial charge in [-0.25, -0.2) is 8.78 Å². The molecule has 3 aromatic carbocycles. The third kappa shape index (κ3) is 4.91. The molecule has 0 aromatic heterocycles. The quantitative estimate of drug-likeness (QED) is 0.646. The average Bonchev–Trinajstić information content (AvgIpc) is 2.78. The Kier molecular flexibility index (Phi) is 6.28. The van der Waals surface area contributed by atoms with Crippen LogP contribution in [-0.2, 0) is 17.8 Å². The third-order valence-electron chi connectivity index (χ3n) is 5.61. The van der Waals surface area contributed by atoms with Crippen molar-refractivity contribution in [1.29, 1.82) is 0 Å². The molecule has 0 atom stereocenters. The van der Waals surface area contributed by atoms with Crippen LogP contribution in [0.5, 0.6) is 5.75 Å². The van der Waals surface area contributed by atoms with E-state index in [-0.39, 0.29) is 24.1 Å². The van der Waals surface area contributed by atoms with E-state index in [2.05, 4.69) is 16.3 Å². The summed E-state index contributed by atoms with van der Waals surface area (Å²) in [5, 5.41) is 3.03. The van der Waals surface area contributed by atoms with E-state index in [4.69, 9.17) is 4.74 Å². The Hall–Kier alpha value is -3.25. The molecule has 4 nitrogen and oxygen atoms in total. The molecule has 1 N–H and O–H groups in total. The van der Waals surface area contributed by atoms with Crippen LogP contribution in [0.25, 0.3) is 0 Å². The van der Waals surface area contributed by atoms with Gasteiger partial charge in [0.25, 0.3) is 0 Å². The third-order valence-corrected chi connectivity index (χ3v) is 5.61. The Morgan fingerprint density at radius 2 is 1.61 bits per heavy atom. The zero-order valence-electron chi connectivity index (χ0n) is 17.3. The van der Waals surface area contributed by atoms with E-state index in [1.54, 1.807) is 31.4 Å². The number of amides is 1. The molecule has 6 heteroatoms. The lowest BCUT2D eigenvalue weighted by Gasteiger charge is -2.30. The maximum absolute atomic E-state index is 13.4. The molecule has 1 aliphatic heterocycles. The van der Waals surface area contributed by atoms with E-state index in [0.29, 0.717) is 6.54 Å². The van der Waals surface area contributed by atoms with E-state index in [9.17, 15) is 13.6 Å². The summed E-state index contributed by atoms with van der Waals surface area (Å²) in [6.07, 6.45) is 0.846. The molecule has 0 saturated carbocycles. The number of carbonyl (C=O) groups excluding carboxylic acids is 1. The van der Waals surface area contributed by atoms with Crippen LogP contribution >= 0.6 is 0 Å². The maximum Gasteiger partial charge on any atom is 0.234 e. The molecular formula is C25H24F2N2O2. The molecule has 0 unspecified atom stereocenters. The first kappa shape index (κ1) is 21.0. The number of hydrogen-bond acceptors (Lipinski definition) is 3. The molecule has 31 heavy (non-hydrogen) atoms. The van der Waals surface area contributed by atoms with E-state index in [1.807, 2.05) is 12.1 Å². The smallest absolute Gasteiger partial charge is 0.234 e. The number of fused-ring (bicyclic) bond motifs is 1. The standard InChI is InChI=1S/C25H24F2N2O2/c1-31-23-4-2-3-17-13-14-29(15-22(17)23)16-24(30)28-25(18-5-9-20(26)10-6-18)19-7-11-21(27)12-8-19/h2-12,25H,13-16H2,1H3,(H,28,30). The number of rotatable bonds is 6. The molecule has 0 saturated heterocycles. The molecule has 0 aliphatic carbocycles. The number of methoxy groups -OCH3 is 1. The van der Waals surface area contributed by atoms with E-state index < -0.39 is 6.04 Å². The molecule has 1 amide bonds. The van der Waals surface area contributed by atoms with Crippen LogP contribution in [0.4, 0.5) is 8.78 Å². The SMILES string of the molecule is COc1cccc2c1CN(CC(=O)NC(c1ccc(F)cc1)c1ccc(F)cc1)CC2. The van der Waals surface area contributed by atoms with Crippen molar-refractivity contribution in [3.05, 3.63) is 101 Å². The number of nitrogens with one attached hydrogen (secondary N) is 1. The zero-order chi connectivity index (χ0) is 21.8.